The zero-order chi connectivity index (χ0) is 30.9. The van der Waals surface area contributed by atoms with Crippen LogP contribution in [0.3, 0.4) is 0 Å². The molecular weight excluding hydrogens is 603 g/mol. The first-order valence-electron chi connectivity index (χ1n) is 17.3. The molecular formula is C38H62Cl2N2O3. The Balaban J connectivity index is 0.00000506. The second-order valence-electron chi connectivity index (χ2n) is 12.8. The van der Waals surface area contributed by atoms with Crippen LogP contribution >= 0.6 is 24.8 Å². The fourth-order valence-electron chi connectivity index (χ4n) is 7.31. The Kier molecular flexibility index (Phi) is 20.8. The number of nitrogens with one attached hydrogen (secondary N) is 1. The topological polar surface area (TPSA) is 73.6 Å². The zero-order valence-electron chi connectivity index (χ0n) is 28.5. The molecule has 1 heterocycles. The van der Waals surface area contributed by atoms with Crippen molar-refractivity contribution in [3.8, 4) is 5.75 Å². The Morgan fingerprint density at radius 1 is 0.889 bits per heavy atom. The van der Waals surface area contributed by atoms with Crippen LogP contribution in [0, 0.1) is 18.3 Å². The van der Waals surface area contributed by atoms with E-state index >= 15 is 0 Å². The third-order valence-corrected chi connectivity index (χ3v) is 9.78. The third-order valence-electron chi connectivity index (χ3n) is 9.78. The molecule has 1 aliphatic heterocycles. The van der Waals surface area contributed by atoms with Crippen LogP contribution in [0.1, 0.15) is 126 Å². The Morgan fingerprint density at radius 2 is 1.47 bits per heavy atom. The molecule has 0 radical (unpaired) electrons. The maximum absolute atomic E-state index is 13.8. The van der Waals surface area contributed by atoms with E-state index in [1.165, 1.54) is 88.9 Å². The fourth-order valence-corrected chi connectivity index (χ4v) is 7.31. The van der Waals surface area contributed by atoms with Crippen LogP contribution in [0.4, 0.5) is 0 Å². The van der Waals surface area contributed by atoms with Crippen molar-refractivity contribution in [2.24, 2.45) is 17.1 Å². The number of carbonyl (C=O) groups excluding carboxylic acids is 1. The number of piperidine rings is 1. The smallest absolute Gasteiger partial charge is 0.312 e. The van der Waals surface area contributed by atoms with E-state index in [-0.39, 0.29) is 48.8 Å². The second-order valence-corrected chi connectivity index (χ2v) is 12.8. The summed E-state index contributed by atoms with van der Waals surface area (Å²) in [7, 11) is 1.51. The Hall–Kier alpha value is -1.79. The standard InChI is InChI=1S/C38H60N2O3.2ClH/c1-5-7-8-9-10-11-12-13-14-15-16-21-28-43-34-25-20-19-24-33(34)32(6-2)35-36(39)40-27-26-38(35,37(41)42-4)29-31-23-18-17-22-30(31)3;;/h17-20,22-25,32,35-36,40H,5-16,21,26-29,39H2,1-4H3;2*1H. The van der Waals surface area contributed by atoms with Crippen molar-refractivity contribution in [1.29, 1.82) is 0 Å². The first kappa shape index (κ1) is 41.2. The minimum absolute atomic E-state index is 0. The van der Waals surface area contributed by atoms with Crippen LogP contribution in [0.15, 0.2) is 48.5 Å². The lowest BCUT2D eigenvalue weighted by molar-refractivity contribution is -0.161. The number of hydrogen-bond acceptors (Lipinski definition) is 5. The fraction of sp³-hybridized carbons (Fsp3) is 0.658. The number of hydrogen-bond donors (Lipinski definition) is 2. The van der Waals surface area contributed by atoms with Crippen molar-refractivity contribution in [1.82, 2.24) is 5.32 Å². The van der Waals surface area contributed by atoms with Crippen molar-refractivity contribution in [3.63, 3.8) is 0 Å². The number of halogens is 2. The largest absolute Gasteiger partial charge is 0.493 e. The first-order valence-corrected chi connectivity index (χ1v) is 17.3. The van der Waals surface area contributed by atoms with E-state index in [0.29, 0.717) is 26.0 Å². The number of benzene rings is 2. The summed E-state index contributed by atoms with van der Waals surface area (Å²) in [4.78, 5) is 13.8. The van der Waals surface area contributed by atoms with Crippen LogP contribution < -0.4 is 15.8 Å². The van der Waals surface area contributed by atoms with Crippen molar-refractivity contribution in [2.45, 2.75) is 129 Å². The minimum Gasteiger partial charge on any atom is -0.493 e. The van der Waals surface area contributed by atoms with Gasteiger partial charge in [-0.05, 0) is 67.8 Å². The highest BCUT2D eigenvalue weighted by molar-refractivity contribution is 5.85. The Bertz CT molecular complexity index is 1080. The number of carbonyl (C=O) groups is 1. The Morgan fingerprint density at radius 3 is 2.07 bits per heavy atom. The van der Waals surface area contributed by atoms with Gasteiger partial charge in [-0.3, -0.25) is 4.79 Å². The van der Waals surface area contributed by atoms with Gasteiger partial charge in [-0.2, -0.15) is 0 Å². The lowest BCUT2D eigenvalue weighted by atomic mass is 9.59. The molecule has 1 saturated heterocycles. The van der Waals surface area contributed by atoms with Gasteiger partial charge in [0.1, 0.15) is 5.75 Å². The quantitative estimate of drug-likeness (QED) is 0.109. The molecule has 0 aromatic heterocycles. The average molecular weight is 666 g/mol. The highest BCUT2D eigenvalue weighted by Crippen LogP contribution is 2.50. The summed E-state index contributed by atoms with van der Waals surface area (Å²) in [6, 6.07) is 16.7. The SMILES string of the molecule is CCCCCCCCCCCCCCOc1ccccc1C(CC)C1C(N)NCCC1(Cc1ccccc1C)C(=O)OC.Cl.Cl. The predicted octanol–water partition coefficient (Wildman–Crippen LogP) is 9.71. The maximum atomic E-state index is 13.8. The van der Waals surface area contributed by atoms with Crippen molar-refractivity contribution in [2.75, 3.05) is 20.3 Å². The number of nitrogens with two attached hydrogens (primary N) is 1. The molecule has 0 aliphatic carbocycles. The van der Waals surface area contributed by atoms with Gasteiger partial charge >= 0.3 is 5.97 Å². The number of aryl methyl sites for hydroxylation is 1. The molecule has 3 N–H and O–H groups in total. The molecule has 0 spiro atoms. The number of esters is 1. The van der Waals surface area contributed by atoms with Crippen molar-refractivity contribution in [3.05, 3.63) is 65.2 Å². The molecule has 4 atom stereocenters. The maximum Gasteiger partial charge on any atom is 0.312 e. The summed E-state index contributed by atoms with van der Waals surface area (Å²) in [5.74, 6) is 0.662. The zero-order valence-corrected chi connectivity index (χ0v) is 30.1. The molecule has 5 nitrogen and oxygen atoms in total. The highest BCUT2D eigenvalue weighted by atomic mass is 35.5. The molecule has 1 fully saturated rings. The van der Waals surface area contributed by atoms with E-state index in [1.807, 2.05) is 12.1 Å². The normalized spacial score (nSPS) is 20.0. The summed E-state index contributed by atoms with van der Waals surface area (Å²) >= 11 is 0. The van der Waals surface area contributed by atoms with E-state index in [1.54, 1.807) is 0 Å². The third kappa shape index (κ3) is 12.1. The van der Waals surface area contributed by atoms with Crippen LogP contribution in [0.5, 0.6) is 5.75 Å². The molecule has 45 heavy (non-hydrogen) atoms. The number of methoxy groups -OCH3 is 1. The van der Waals surface area contributed by atoms with Gasteiger partial charge < -0.3 is 20.5 Å². The van der Waals surface area contributed by atoms with Gasteiger partial charge in [-0.25, -0.2) is 0 Å². The highest BCUT2D eigenvalue weighted by Gasteiger charge is 2.54. The van der Waals surface area contributed by atoms with Gasteiger partial charge in [0.25, 0.3) is 0 Å². The number of unbranched alkanes of at least 4 members (excludes halogenated alkanes) is 11. The summed E-state index contributed by atoms with van der Waals surface area (Å²) in [5.41, 5.74) is 9.66. The molecule has 0 amide bonds. The van der Waals surface area contributed by atoms with Gasteiger partial charge in [0, 0.05) is 5.92 Å². The molecule has 1 aliphatic rings. The van der Waals surface area contributed by atoms with E-state index in [2.05, 4.69) is 62.5 Å². The Labute approximate surface area is 287 Å². The van der Waals surface area contributed by atoms with Gasteiger partial charge in [-0.15, -0.1) is 24.8 Å². The summed E-state index contributed by atoms with van der Waals surface area (Å²) in [5, 5.41) is 3.50. The molecule has 4 unspecified atom stereocenters. The van der Waals surface area contributed by atoms with E-state index in [0.717, 1.165) is 24.2 Å². The van der Waals surface area contributed by atoms with Crippen LogP contribution in [0.25, 0.3) is 0 Å². The molecule has 0 saturated carbocycles. The average Bonchev–Trinajstić information content (AvgIpc) is 3.02. The first-order chi connectivity index (χ1) is 21.0. The lowest BCUT2D eigenvalue weighted by Gasteiger charge is -2.49. The minimum atomic E-state index is -0.727. The lowest BCUT2D eigenvalue weighted by Crippen LogP contribution is -2.61. The molecule has 7 heteroatoms. The van der Waals surface area contributed by atoms with E-state index in [4.69, 9.17) is 15.2 Å². The van der Waals surface area contributed by atoms with Gasteiger partial charge in [-0.1, -0.05) is 127 Å². The van der Waals surface area contributed by atoms with Crippen LogP contribution in [-0.2, 0) is 16.0 Å². The number of rotatable bonds is 20. The van der Waals surface area contributed by atoms with E-state index < -0.39 is 5.41 Å². The van der Waals surface area contributed by atoms with Crippen LogP contribution in [-0.4, -0.2) is 32.4 Å². The summed E-state index contributed by atoms with van der Waals surface area (Å²) < 4.78 is 12.0. The van der Waals surface area contributed by atoms with E-state index in [9.17, 15) is 4.79 Å². The van der Waals surface area contributed by atoms with Gasteiger partial charge in [0.15, 0.2) is 0 Å². The monoisotopic (exact) mass is 664 g/mol. The summed E-state index contributed by atoms with van der Waals surface area (Å²) in [6.07, 6.45) is 17.8. The number of ether oxygens (including phenoxy) is 2. The second kappa shape index (κ2) is 22.7. The summed E-state index contributed by atoms with van der Waals surface area (Å²) in [6.45, 7) is 7.99. The molecule has 0 bridgehead atoms. The predicted molar refractivity (Wildman–Crippen MR) is 194 cm³/mol. The number of para-hydroxylation sites is 1. The molecule has 3 rings (SSSR count). The van der Waals surface area contributed by atoms with Crippen molar-refractivity contribution >= 4 is 30.8 Å². The van der Waals surface area contributed by atoms with Gasteiger partial charge in [0.2, 0.25) is 0 Å². The molecule has 2 aromatic carbocycles. The molecule has 2 aromatic rings. The van der Waals surface area contributed by atoms with Gasteiger partial charge in [0.05, 0.1) is 25.3 Å². The van der Waals surface area contributed by atoms with Crippen molar-refractivity contribution < 1.29 is 14.3 Å². The molecule has 256 valence electrons. The van der Waals surface area contributed by atoms with Crippen LogP contribution in [0.2, 0.25) is 0 Å².